The molecule has 0 saturated heterocycles. The fourth-order valence-electron chi connectivity index (χ4n) is 2.77. The first-order chi connectivity index (χ1) is 9.26. The molecule has 100 valence electrons. The topological polar surface area (TPSA) is 38.0 Å². The van der Waals surface area contributed by atoms with Gasteiger partial charge in [-0.05, 0) is 75.3 Å². The van der Waals surface area contributed by atoms with Crippen LogP contribution >= 0.6 is 27.3 Å². The van der Waals surface area contributed by atoms with Gasteiger partial charge in [0, 0.05) is 0 Å². The minimum atomic E-state index is 0.182. The molecule has 1 aromatic carbocycles. The third-order valence-corrected chi connectivity index (χ3v) is 5.32. The van der Waals surface area contributed by atoms with Crippen molar-refractivity contribution in [3.05, 3.63) is 55.7 Å². The highest BCUT2D eigenvalue weighted by atomic mass is 79.9. The lowest BCUT2D eigenvalue weighted by Crippen LogP contribution is -2.29. The molecule has 3 N–H and O–H groups in total. The van der Waals surface area contributed by atoms with E-state index in [0.717, 1.165) is 10.2 Å². The maximum absolute atomic E-state index is 5.71. The smallest absolute Gasteiger partial charge is 0.0701 e. The Bertz CT molecular complexity index is 579. The highest BCUT2D eigenvalue weighted by Gasteiger charge is 2.15. The summed E-state index contributed by atoms with van der Waals surface area (Å²) in [7, 11) is 0. The number of hydrogen-bond donors (Lipinski definition) is 2. The Morgan fingerprint density at radius 3 is 2.84 bits per heavy atom. The molecule has 1 heterocycles. The van der Waals surface area contributed by atoms with Crippen molar-refractivity contribution in [1.29, 1.82) is 0 Å². The number of nitrogens with two attached hydrogens (primary N) is 1. The summed E-state index contributed by atoms with van der Waals surface area (Å²) < 4.78 is 1.15. The van der Waals surface area contributed by atoms with Crippen LogP contribution in [0.4, 0.5) is 0 Å². The van der Waals surface area contributed by atoms with E-state index in [0.29, 0.717) is 0 Å². The Hall–Kier alpha value is -0.680. The Morgan fingerprint density at radius 1 is 1.26 bits per heavy atom. The van der Waals surface area contributed by atoms with E-state index in [1.807, 2.05) is 0 Å². The summed E-state index contributed by atoms with van der Waals surface area (Å²) in [4.78, 5) is 0. The number of aryl methyl sites for hydroxylation is 2. The Kier molecular flexibility index (Phi) is 4.03. The van der Waals surface area contributed by atoms with E-state index in [1.165, 1.54) is 41.5 Å². The number of rotatable bonds is 4. The predicted molar refractivity (Wildman–Crippen MR) is 84.3 cm³/mol. The second-order valence-electron chi connectivity index (χ2n) is 5.06. The second kappa shape index (κ2) is 5.75. The molecule has 0 fully saturated rings. The summed E-state index contributed by atoms with van der Waals surface area (Å²) >= 11 is 5.21. The maximum Gasteiger partial charge on any atom is 0.0701 e. The van der Waals surface area contributed by atoms with Crippen LogP contribution in [-0.4, -0.2) is 0 Å². The van der Waals surface area contributed by atoms with Crippen LogP contribution < -0.4 is 11.3 Å². The summed E-state index contributed by atoms with van der Waals surface area (Å²) in [6.07, 6.45) is 4.71. The van der Waals surface area contributed by atoms with Crippen molar-refractivity contribution in [2.75, 3.05) is 0 Å². The van der Waals surface area contributed by atoms with Gasteiger partial charge in [0.05, 0.1) is 9.83 Å². The van der Waals surface area contributed by atoms with Gasteiger partial charge in [0.1, 0.15) is 0 Å². The minimum absolute atomic E-state index is 0.182. The van der Waals surface area contributed by atoms with E-state index in [-0.39, 0.29) is 6.04 Å². The lowest BCUT2D eigenvalue weighted by Gasteiger charge is -2.15. The van der Waals surface area contributed by atoms with Crippen molar-refractivity contribution in [3.63, 3.8) is 0 Å². The predicted octanol–water partition coefficient (Wildman–Crippen LogP) is 3.75. The molecule has 0 amide bonds. The van der Waals surface area contributed by atoms with Gasteiger partial charge < -0.3 is 0 Å². The third kappa shape index (κ3) is 2.92. The van der Waals surface area contributed by atoms with Gasteiger partial charge >= 0.3 is 0 Å². The molecule has 1 unspecified atom stereocenters. The normalized spacial score (nSPS) is 15.5. The van der Waals surface area contributed by atoms with Crippen LogP contribution in [0.25, 0.3) is 0 Å². The molecule has 1 aliphatic carbocycles. The average Bonchev–Trinajstić information content (AvgIpc) is 3.04. The van der Waals surface area contributed by atoms with Crippen molar-refractivity contribution in [1.82, 2.24) is 5.43 Å². The van der Waals surface area contributed by atoms with E-state index >= 15 is 0 Å². The third-order valence-electron chi connectivity index (χ3n) is 3.79. The van der Waals surface area contributed by atoms with Crippen LogP contribution in [0.3, 0.4) is 0 Å². The number of fused-ring (bicyclic) bond motifs is 1. The van der Waals surface area contributed by atoms with Crippen molar-refractivity contribution < 1.29 is 0 Å². The first kappa shape index (κ1) is 13.3. The summed E-state index contributed by atoms with van der Waals surface area (Å²) in [5.74, 6) is 5.71. The van der Waals surface area contributed by atoms with Gasteiger partial charge in [-0.1, -0.05) is 18.2 Å². The van der Waals surface area contributed by atoms with Gasteiger partial charge in [-0.15, -0.1) is 11.3 Å². The van der Waals surface area contributed by atoms with E-state index < -0.39 is 0 Å². The highest BCUT2D eigenvalue weighted by molar-refractivity contribution is 9.11. The molecular weight excluding hydrogens is 320 g/mol. The largest absolute Gasteiger partial charge is 0.271 e. The first-order valence-corrected chi connectivity index (χ1v) is 8.24. The summed E-state index contributed by atoms with van der Waals surface area (Å²) in [5, 5.41) is 2.15. The standard InChI is InChI=1S/C15H17BrN2S/c16-15-8-13(9-19-15)14(18-17)7-10-4-5-11-2-1-3-12(11)6-10/h4-6,8-9,14,18H,1-3,7,17H2. The van der Waals surface area contributed by atoms with Gasteiger partial charge in [-0.25, -0.2) is 0 Å². The fraction of sp³-hybridized carbons (Fsp3) is 0.333. The Balaban J connectivity index is 1.79. The molecule has 2 aromatic rings. The maximum atomic E-state index is 5.71. The van der Waals surface area contributed by atoms with Crippen molar-refractivity contribution >= 4 is 27.3 Å². The average molecular weight is 337 g/mol. The van der Waals surface area contributed by atoms with Crippen molar-refractivity contribution in [2.24, 2.45) is 5.84 Å². The van der Waals surface area contributed by atoms with Gasteiger partial charge in [0.2, 0.25) is 0 Å². The molecule has 3 rings (SSSR count). The van der Waals surface area contributed by atoms with E-state index in [2.05, 4.69) is 51.0 Å². The molecule has 1 aliphatic rings. The summed E-state index contributed by atoms with van der Waals surface area (Å²) in [6.45, 7) is 0. The monoisotopic (exact) mass is 336 g/mol. The van der Waals surface area contributed by atoms with Crippen molar-refractivity contribution in [3.8, 4) is 0 Å². The molecule has 4 heteroatoms. The Labute approximate surface area is 126 Å². The summed E-state index contributed by atoms with van der Waals surface area (Å²) in [6, 6.07) is 9.21. The first-order valence-electron chi connectivity index (χ1n) is 6.57. The van der Waals surface area contributed by atoms with Crippen LogP contribution in [0.2, 0.25) is 0 Å². The number of halogens is 1. The van der Waals surface area contributed by atoms with Gasteiger partial charge in [0.25, 0.3) is 0 Å². The van der Waals surface area contributed by atoms with Crippen LogP contribution in [0.1, 0.15) is 34.7 Å². The highest BCUT2D eigenvalue weighted by Crippen LogP contribution is 2.28. The number of hydrazine groups is 1. The van der Waals surface area contributed by atoms with Crippen LogP contribution in [0.5, 0.6) is 0 Å². The second-order valence-corrected chi connectivity index (χ2v) is 7.35. The van der Waals surface area contributed by atoms with Crippen LogP contribution in [0, 0.1) is 0 Å². The van der Waals surface area contributed by atoms with E-state index in [1.54, 1.807) is 11.3 Å². The zero-order valence-corrected chi connectivity index (χ0v) is 13.1. The molecule has 0 spiro atoms. The quantitative estimate of drug-likeness (QED) is 0.659. The van der Waals surface area contributed by atoms with Gasteiger partial charge in [-0.2, -0.15) is 0 Å². The van der Waals surface area contributed by atoms with Gasteiger partial charge in [0.15, 0.2) is 0 Å². The molecule has 1 atom stereocenters. The molecule has 0 bridgehead atoms. The van der Waals surface area contributed by atoms with E-state index in [4.69, 9.17) is 5.84 Å². The Morgan fingerprint density at radius 2 is 2.11 bits per heavy atom. The lowest BCUT2D eigenvalue weighted by molar-refractivity contribution is 0.553. The minimum Gasteiger partial charge on any atom is -0.271 e. The van der Waals surface area contributed by atoms with Crippen molar-refractivity contribution in [2.45, 2.75) is 31.7 Å². The lowest BCUT2D eigenvalue weighted by atomic mass is 9.98. The summed E-state index contributed by atoms with van der Waals surface area (Å²) in [5.41, 5.74) is 8.60. The van der Waals surface area contributed by atoms with Crippen LogP contribution in [-0.2, 0) is 19.3 Å². The molecule has 19 heavy (non-hydrogen) atoms. The SMILES string of the molecule is NNC(Cc1ccc2c(c1)CCC2)c1csc(Br)c1. The molecule has 0 aliphatic heterocycles. The van der Waals surface area contributed by atoms with Crippen LogP contribution in [0.15, 0.2) is 33.4 Å². The molecule has 0 saturated carbocycles. The number of hydrogen-bond acceptors (Lipinski definition) is 3. The number of thiophene rings is 1. The molecule has 1 aromatic heterocycles. The fourth-order valence-corrected chi connectivity index (χ4v) is 4.00. The zero-order chi connectivity index (χ0) is 13.2. The molecule has 0 radical (unpaired) electrons. The molecule has 2 nitrogen and oxygen atoms in total. The van der Waals surface area contributed by atoms with E-state index in [9.17, 15) is 0 Å². The zero-order valence-electron chi connectivity index (χ0n) is 10.7. The number of nitrogens with one attached hydrogen (secondary N) is 1. The molecular formula is C15H17BrN2S. The number of benzene rings is 1. The van der Waals surface area contributed by atoms with Gasteiger partial charge in [-0.3, -0.25) is 11.3 Å².